The lowest BCUT2D eigenvalue weighted by Crippen LogP contribution is -2.57. The molecule has 0 aliphatic rings. The van der Waals surface area contributed by atoms with Crippen LogP contribution in [-0.4, -0.2) is 56.8 Å². The molecule has 0 N–H and O–H groups in total. The molecule has 12 heteroatoms. The molecular formula is C68H108F4O4Si4. The average Bonchev–Trinajstić information content (AvgIpc) is 3.26. The van der Waals surface area contributed by atoms with Gasteiger partial charge in [-0.2, -0.15) is 0 Å². The van der Waals surface area contributed by atoms with Crippen LogP contribution < -0.4 is 20.7 Å². The first-order valence-electron chi connectivity index (χ1n) is 28.7. The van der Waals surface area contributed by atoms with E-state index >= 15 is 16.4 Å². The van der Waals surface area contributed by atoms with Gasteiger partial charge in [0, 0.05) is 25.7 Å². The standard InChI is InChI=1S/4C17H27FOSi/c4*1-13(19)12-14-8-10-15(11-9-14)20(18,16(2,3)4)17(5,6)7/h4*8-11H,12H2,1-7H3/i2*18+0;2*18-1. The Morgan fingerprint density at radius 3 is 0.425 bits per heavy atom. The summed E-state index contributed by atoms with van der Waals surface area (Å²) in [5.74, 6) is 0.530. The van der Waals surface area contributed by atoms with E-state index in [0.717, 1.165) is 43.0 Å². The van der Waals surface area contributed by atoms with Crippen LogP contribution in [0, 0.1) is 0 Å². The number of carbonyl (C=O) groups excluding carboxylic acids is 4. The van der Waals surface area contributed by atoms with E-state index in [1.165, 1.54) is 0 Å². The molecule has 0 bridgehead atoms. The molecule has 0 saturated carbocycles. The van der Waals surface area contributed by atoms with E-state index < -0.39 is 33.6 Å². The molecule has 4 nitrogen and oxygen atoms in total. The van der Waals surface area contributed by atoms with Gasteiger partial charge in [0.1, 0.15) is 23.1 Å². The second-order valence-electron chi connectivity index (χ2n) is 30.9. The van der Waals surface area contributed by atoms with Crippen LogP contribution in [0.5, 0.6) is 0 Å². The first-order chi connectivity index (χ1) is 35.6. The second kappa shape index (κ2) is 26.8. The van der Waals surface area contributed by atoms with Crippen LogP contribution in [0.3, 0.4) is 0 Å². The zero-order chi connectivity index (χ0) is 63.1. The van der Waals surface area contributed by atoms with Gasteiger partial charge in [-0.1, -0.05) is 263 Å². The lowest BCUT2D eigenvalue weighted by molar-refractivity contribution is -0.117. The fourth-order valence-electron chi connectivity index (χ4n) is 12.5. The maximum Gasteiger partial charge on any atom is 0.288 e. The van der Waals surface area contributed by atoms with Gasteiger partial charge in [-0.3, -0.25) is 19.2 Å². The van der Waals surface area contributed by atoms with Crippen LogP contribution in [0.2, 0.25) is 40.3 Å². The molecule has 4 aromatic carbocycles. The molecule has 0 atom stereocenters. The molecule has 0 radical (unpaired) electrons. The normalized spacial score (nSPS) is 13.4. The first-order valence-corrected chi connectivity index (χ1v) is 36.2. The van der Waals surface area contributed by atoms with E-state index in [2.05, 4.69) is 0 Å². The van der Waals surface area contributed by atoms with Gasteiger partial charge >= 0.3 is 0 Å². The quantitative estimate of drug-likeness (QED) is 0.0805. The predicted octanol–water partition coefficient (Wildman–Crippen LogP) is 18.2. The van der Waals surface area contributed by atoms with E-state index in [1.807, 2.05) is 263 Å². The minimum Gasteiger partial charge on any atom is -0.307 e. The second-order valence-corrected chi connectivity index (χ2v) is 50.5. The molecule has 0 heterocycles. The Balaban J connectivity index is 0.000000533. The van der Waals surface area contributed by atoms with Gasteiger partial charge in [-0.05, 0) is 111 Å². The third kappa shape index (κ3) is 18.1. The van der Waals surface area contributed by atoms with Gasteiger partial charge in [0.25, 0.3) is 33.6 Å². The van der Waals surface area contributed by atoms with Gasteiger partial charge in [0.05, 0.1) is 0 Å². The minimum atomic E-state index is -3.18. The lowest BCUT2D eigenvalue weighted by Gasteiger charge is -2.45. The summed E-state index contributed by atoms with van der Waals surface area (Å²) in [6.45, 7) is 54.2. The van der Waals surface area contributed by atoms with Crippen molar-refractivity contribution in [1.29, 1.82) is 0 Å². The SMILES string of the molecule is CC(=O)Cc1ccc([Si]([18F])(C(C)(C)C)C(C)(C)C)cc1.CC(=O)Cc1ccc([Si]([18F])(C(C)(C)C)C(C)(C)C)cc1.CC(=O)Cc1ccc([Si]([19F])(C(C)(C)C)C(C)(C)C)cc1.CC(=O)Cc1ccc([Si]([19F])(C(C)(C)C)C(C)(C)C)cc1. The highest BCUT2D eigenvalue weighted by Gasteiger charge is 2.59. The van der Waals surface area contributed by atoms with E-state index in [9.17, 15) is 19.2 Å². The molecule has 448 valence electrons. The van der Waals surface area contributed by atoms with E-state index in [1.54, 1.807) is 27.7 Å². The predicted molar refractivity (Wildman–Crippen MR) is 347 cm³/mol. The van der Waals surface area contributed by atoms with Crippen molar-refractivity contribution in [2.45, 2.75) is 260 Å². The molecule has 0 aliphatic carbocycles. The van der Waals surface area contributed by atoms with Crippen LogP contribution in [0.4, 0.5) is 16.4 Å². The molecule has 4 aromatic rings. The molecule has 0 aromatic heterocycles. The number of benzene rings is 4. The molecule has 0 aliphatic heterocycles. The van der Waals surface area contributed by atoms with Crippen LogP contribution in [-0.2, 0) is 44.9 Å². The number of Topliss-reactive ketones (excluding diaryl/α,β-unsaturated/α-hetero) is 4. The van der Waals surface area contributed by atoms with Crippen molar-refractivity contribution < 1.29 is 35.6 Å². The Bertz CT molecular complexity index is 2230. The fraction of sp³-hybridized carbons (Fsp3) is 0.588. The van der Waals surface area contributed by atoms with Crippen molar-refractivity contribution >= 4 is 77.5 Å². The van der Waals surface area contributed by atoms with E-state index in [4.69, 9.17) is 0 Å². The van der Waals surface area contributed by atoms with Crippen LogP contribution in [0.1, 0.15) is 216 Å². The number of ketones is 4. The molecule has 0 saturated heterocycles. The number of hydrogen-bond donors (Lipinski definition) is 0. The Kier molecular flexibility index (Phi) is 24.8. The van der Waals surface area contributed by atoms with Gasteiger partial charge in [-0.15, -0.1) is 0 Å². The Morgan fingerprint density at radius 1 is 0.250 bits per heavy atom. The lowest BCUT2D eigenvalue weighted by atomic mass is 10.1. The Labute approximate surface area is 489 Å². The third-order valence-electron chi connectivity index (χ3n) is 15.5. The maximum atomic E-state index is 16.0. The summed E-state index contributed by atoms with van der Waals surface area (Å²) in [5, 5.41) is 0.354. The minimum absolute atomic E-state index is 0.133. The Hall–Kier alpha value is -3.85. The van der Waals surface area contributed by atoms with Gasteiger partial charge in [0.15, 0.2) is 0 Å². The highest BCUT2D eigenvalue weighted by atomic mass is 28.4. The first kappa shape index (κ1) is 74.2. The molecule has 80 heavy (non-hydrogen) atoms. The van der Waals surface area contributed by atoms with Crippen molar-refractivity contribution in [2.75, 3.05) is 0 Å². The fourth-order valence-corrected chi connectivity index (χ4v) is 31.0. The van der Waals surface area contributed by atoms with Crippen molar-refractivity contribution in [3.63, 3.8) is 0 Å². The zero-order valence-corrected chi connectivity index (χ0v) is 59.2. The number of hydrogen-bond acceptors (Lipinski definition) is 4. The summed E-state index contributed by atoms with van der Waals surface area (Å²) < 4.78 is 64.0. The maximum absolute atomic E-state index is 16.0. The van der Waals surface area contributed by atoms with E-state index in [0.29, 0.717) is 25.7 Å². The van der Waals surface area contributed by atoms with Crippen molar-refractivity contribution in [3.8, 4) is 0 Å². The molecule has 0 fully saturated rings. The van der Waals surface area contributed by atoms with Crippen LogP contribution in [0.15, 0.2) is 97.1 Å². The number of rotatable bonds is 12. The molecule has 4 rings (SSSR count). The van der Waals surface area contributed by atoms with Gasteiger partial charge in [0.2, 0.25) is 0 Å². The van der Waals surface area contributed by atoms with Crippen LogP contribution in [0.25, 0.3) is 0 Å². The third-order valence-corrected chi connectivity index (χ3v) is 36.5. The number of halogens is 4. The van der Waals surface area contributed by atoms with E-state index in [-0.39, 0.29) is 63.4 Å². The molecule has 0 amide bonds. The summed E-state index contributed by atoms with van der Waals surface area (Å²) >= 11 is 0. The van der Waals surface area contributed by atoms with Crippen molar-refractivity contribution in [3.05, 3.63) is 119 Å². The zero-order valence-electron chi connectivity index (χ0n) is 55.2. The number of carbonyl (C=O) groups is 4. The molecule has 0 unspecified atom stereocenters. The summed E-state index contributed by atoms with van der Waals surface area (Å²) in [6.07, 6.45) is 1.69. The van der Waals surface area contributed by atoms with Crippen molar-refractivity contribution in [1.82, 2.24) is 0 Å². The smallest absolute Gasteiger partial charge is 0.288 e. The highest BCUT2D eigenvalue weighted by molar-refractivity contribution is 6.92. The summed E-state index contributed by atoms with van der Waals surface area (Å²) in [5.41, 5.74) is 3.83. The largest absolute Gasteiger partial charge is 0.307 e. The summed E-state index contributed by atoms with van der Waals surface area (Å²) in [4.78, 5) is 44.6. The van der Waals surface area contributed by atoms with Crippen molar-refractivity contribution in [2.24, 2.45) is 0 Å². The molecule has 0 spiro atoms. The Morgan fingerprint density at radius 2 is 0.350 bits per heavy atom. The highest BCUT2D eigenvalue weighted by Crippen LogP contribution is 2.54. The summed E-state index contributed by atoms with van der Waals surface area (Å²) in [7, 11) is -12.7. The monoisotopic (exact) mass is 1170 g/mol. The molecular weight excluding hydrogens is 1070 g/mol. The van der Waals surface area contributed by atoms with Gasteiger partial charge in [-0.25, -0.2) is 0 Å². The summed E-state index contributed by atoms with van der Waals surface area (Å²) in [6, 6.07) is 30.3. The van der Waals surface area contributed by atoms with Crippen LogP contribution >= 0.6 is 0 Å². The average molecular weight is 1180 g/mol. The topological polar surface area (TPSA) is 68.3 Å². The van der Waals surface area contributed by atoms with Gasteiger partial charge < -0.3 is 16.4 Å².